The van der Waals surface area contributed by atoms with Crippen LogP contribution < -0.4 is 10.2 Å². The van der Waals surface area contributed by atoms with Crippen LogP contribution in [0.25, 0.3) is 0 Å². The first-order chi connectivity index (χ1) is 10.5. The van der Waals surface area contributed by atoms with Crippen LogP contribution in [0.4, 0.5) is 10.6 Å². The molecule has 0 spiro atoms. The van der Waals surface area contributed by atoms with Gasteiger partial charge < -0.3 is 19.9 Å². The lowest BCUT2D eigenvalue weighted by Crippen LogP contribution is -2.46. The van der Waals surface area contributed by atoms with Gasteiger partial charge in [-0.25, -0.2) is 9.78 Å². The van der Waals surface area contributed by atoms with Crippen LogP contribution in [-0.2, 0) is 4.74 Å². The number of carbonyl (C=O) groups excluding carboxylic acids is 2. The van der Waals surface area contributed by atoms with E-state index in [1.54, 1.807) is 17.2 Å². The fourth-order valence-corrected chi connectivity index (χ4v) is 2.39. The molecule has 1 aromatic heterocycles. The van der Waals surface area contributed by atoms with Crippen molar-refractivity contribution < 1.29 is 14.3 Å². The van der Waals surface area contributed by atoms with E-state index in [1.807, 2.05) is 25.1 Å². The number of carbonyl (C=O) groups is 2. The lowest BCUT2D eigenvalue weighted by molar-refractivity contribution is 0.0892. The first-order valence-corrected chi connectivity index (χ1v) is 7.28. The number of nitrogens with zero attached hydrogens (tertiary/aromatic N) is 3. The zero-order valence-electron chi connectivity index (χ0n) is 13.2. The Bertz CT molecular complexity index is 522. The average Bonchev–Trinajstić information content (AvgIpc) is 2.54. The number of hydrogen-bond donors (Lipinski definition) is 1. The summed E-state index contributed by atoms with van der Waals surface area (Å²) in [6.45, 7) is 1.19. The van der Waals surface area contributed by atoms with E-state index in [0.29, 0.717) is 18.7 Å². The largest absolute Gasteiger partial charge is 0.453 e. The molecule has 120 valence electrons. The molecule has 1 saturated heterocycles. The Morgan fingerprint density at radius 3 is 2.50 bits per heavy atom. The zero-order valence-corrected chi connectivity index (χ0v) is 13.2. The second kappa shape index (κ2) is 7.11. The van der Waals surface area contributed by atoms with Crippen molar-refractivity contribution in [1.29, 1.82) is 0 Å². The number of amides is 2. The second-order valence-corrected chi connectivity index (χ2v) is 5.50. The lowest BCUT2D eigenvalue weighted by Gasteiger charge is -2.31. The Balaban J connectivity index is 1.86. The molecule has 0 saturated carbocycles. The summed E-state index contributed by atoms with van der Waals surface area (Å²) in [6.07, 6.45) is 2.72. The van der Waals surface area contributed by atoms with Gasteiger partial charge in [0.15, 0.2) is 0 Å². The quantitative estimate of drug-likeness (QED) is 0.905. The lowest BCUT2D eigenvalue weighted by atomic mass is 10.0. The fourth-order valence-electron chi connectivity index (χ4n) is 2.39. The molecule has 22 heavy (non-hydrogen) atoms. The van der Waals surface area contributed by atoms with E-state index in [-0.39, 0.29) is 18.0 Å². The summed E-state index contributed by atoms with van der Waals surface area (Å²) in [5.74, 6) is 0.678. The van der Waals surface area contributed by atoms with Crippen LogP contribution in [-0.4, -0.2) is 62.2 Å². The van der Waals surface area contributed by atoms with Gasteiger partial charge in [-0.05, 0) is 25.0 Å². The first kappa shape index (κ1) is 16.1. The SMILES string of the molecule is COC(=O)N1CCC(NC(=O)c2ccc(N(C)C)nc2)CC1. The van der Waals surface area contributed by atoms with Gasteiger partial charge in [0.1, 0.15) is 5.82 Å². The van der Waals surface area contributed by atoms with Crippen LogP contribution in [0.3, 0.4) is 0 Å². The molecule has 0 atom stereocenters. The Labute approximate surface area is 130 Å². The van der Waals surface area contributed by atoms with Crippen molar-refractivity contribution in [2.45, 2.75) is 18.9 Å². The van der Waals surface area contributed by atoms with E-state index >= 15 is 0 Å². The zero-order chi connectivity index (χ0) is 16.1. The molecule has 0 unspecified atom stereocenters. The van der Waals surface area contributed by atoms with E-state index in [0.717, 1.165) is 18.7 Å². The number of methoxy groups -OCH3 is 1. The number of likely N-dealkylation sites (tertiary alicyclic amines) is 1. The normalized spacial score (nSPS) is 15.3. The van der Waals surface area contributed by atoms with Gasteiger partial charge in [0.05, 0.1) is 12.7 Å². The van der Waals surface area contributed by atoms with Crippen molar-refractivity contribution in [3.05, 3.63) is 23.9 Å². The van der Waals surface area contributed by atoms with Crippen LogP contribution >= 0.6 is 0 Å². The molecule has 7 nitrogen and oxygen atoms in total. The molecule has 1 aromatic rings. The molecule has 1 aliphatic heterocycles. The van der Waals surface area contributed by atoms with Crippen LogP contribution in [0, 0.1) is 0 Å². The maximum Gasteiger partial charge on any atom is 0.409 e. The molecule has 0 aliphatic carbocycles. The Morgan fingerprint density at radius 1 is 1.32 bits per heavy atom. The van der Waals surface area contributed by atoms with Crippen molar-refractivity contribution in [2.24, 2.45) is 0 Å². The highest BCUT2D eigenvalue weighted by molar-refractivity contribution is 5.94. The maximum atomic E-state index is 12.2. The number of aromatic nitrogens is 1. The predicted octanol–water partition coefficient (Wildman–Crippen LogP) is 1.11. The minimum atomic E-state index is -0.312. The van der Waals surface area contributed by atoms with Crippen molar-refractivity contribution in [3.63, 3.8) is 0 Å². The highest BCUT2D eigenvalue weighted by Crippen LogP contribution is 2.13. The number of rotatable bonds is 3. The summed E-state index contributed by atoms with van der Waals surface area (Å²) in [5, 5.41) is 2.99. The molecule has 1 aliphatic rings. The van der Waals surface area contributed by atoms with Gasteiger partial charge in [-0.2, -0.15) is 0 Å². The van der Waals surface area contributed by atoms with E-state index < -0.39 is 0 Å². The fraction of sp³-hybridized carbons (Fsp3) is 0.533. The summed E-state index contributed by atoms with van der Waals surface area (Å²) in [4.78, 5) is 31.4. The minimum Gasteiger partial charge on any atom is -0.453 e. The van der Waals surface area contributed by atoms with E-state index in [1.165, 1.54) is 7.11 Å². The standard InChI is InChI=1S/C15H22N4O3/c1-18(2)13-5-4-11(10-16-13)14(20)17-12-6-8-19(9-7-12)15(21)22-3/h4-5,10,12H,6-9H2,1-3H3,(H,17,20). The summed E-state index contributed by atoms with van der Waals surface area (Å²) >= 11 is 0. The number of piperidine rings is 1. The van der Waals surface area contributed by atoms with Gasteiger partial charge in [-0.3, -0.25) is 4.79 Å². The van der Waals surface area contributed by atoms with Crippen LogP contribution in [0.5, 0.6) is 0 Å². The first-order valence-electron chi connectivity index (χ1n) is 7.28. The second-order valence-electron chi connectivity index (χ2n) is 5.50. The molecule has 0 radical (unpaired) electrons. The molecule has 7 heteroatoms. The Morgan fingerprint density at radius 2 is 2.00 bits per heavy atom. The summed E-state index contributed by atoms with van der Waals surface area (Å²) < 4.78 is 4.69. The van der Waals surface area contributed by atoms with E-state index in [9.17, 15) is 9.59 Å². The van der Waals surface area contributed by atoms with E-state index in [4.69, 9.17) is 4.74 Å². The molecule has 1 fully saturated rings. The van der Waals surface area contributed by atoms with Crippen molar-refractivity contribution in [3.8, 4) is 0 Å². The smallest absolute Gasteiger partial charge is 0.409 e. The third kappa shape index (κ3) is 3.87. The molecule has 0 aromatic carbocycles. The highest BCUT2D eigenvalue weighted by Gasteiger charge is 2.24. The predicted molar refractivity (Wildman–Crippen MR) is 83.0 cm³/mol. The van der Waals surface area contributed by atoms with E-state index in [2.05, 4.69) is 10.3 Å². The Kier molecular flexibility index (Phi) is 5.19. The summed E-state index contributed by atoms with van der Waals surface area (Å²) in [6, 6.07) is 3.65. The van der Waals surface area contributed by atoms with Gasteiger partial charge in [0.2, 0.25) is 0 Å². The van der Waals surface area contributed by atoms with Crippen LogP contribution in [0.2, 0.25) is 0 Å². The number of nitrogens with one attached hydrogen (secondary N) is 1. The third-order valence-electron chi connectivity index (χ3n) is 3.73. The van der Waals surface area contributed by atoms with Crippen LogP contribution in [0.1, 0.15) is 23.2 Å². The minimum absolute atomic E-state index is 0.0712. The highest BCUT2D eigenvalue weighted by atomic mass is 16.5. The average molecular weight is 306 g/mol. The molecular formula is C15H22N4O3. The molecule has 0 bridgehead atoms. The van der Waals surface area contributed by atoms with Gasteiger partial charge >= 0.3 is 6.09 Å². The van der Waals surface area contributed by atoms with Crippen molar-refractivity contribution in [1.82, 2.24) is 15.2 Å². The molecule has 2 amide bonds. The maximum absolute atomic E-state index is 12.2. The summed E-state index contributed by atoms with van der Waals surface area (Å²) in [7, 11) is 5.18. The summed E-state index contributed by atoms with van der Waals surface area (Å²) in [5.41, 5.74) is 0.543. The molecule has 1 N–H and O–H groups in total. The van der Waals surface area contributed by atoms with Gasteiger partial charge in [0, 0.05) is 39.4 Å². The monoisotopic (exact) mass is 306 g/mol. The van der Waals surface area contributed by atoms with Crippen LogP contribution in [0.15, 0.2) is 18.3 Å². The molecular weight excluding hydrogens is 284 g/mol. The van der Waals surface area contributed by atoms with Crippen molar-refractivity contribution in [2.75, 3.05) is 39.2 Å². The topological polar surface area (TPSA) is 74.8 Å². The number of pyridine rings is 1. The number of ether oxygens (including phenoxy) is 1. The van der Waals surface area contributed by atoms with Gasteiger partial charge in [-0.15, -0.1) is 0 Å². The molecule has 2 heterocycles. The van der Waals surface area contributed by atoms with Gasteiger partial charge in [-0.1, -0.05) is 0 Å². The van der Waals surface area contributed by atoms with Gasteiger partial charge in [0.25, 0.3) is 5.91 Å². The number of hydrogen-bond acceptors (Lipinski definition) is 5. The van der Waals surface area contributed by atoms with Crippen molar-refractivity contribution >= 4 is 17.8 Å². The molecule has 2 rings (SSSR count). The third-order valence-corrected chi connectivity index (χ3v) is 3.73. The Hall–Kier alpha value is -2.31. The number of anilines is 1.